The minimum absolute atomic E-state index is 0.0823. The van der Waals surface area contributed by atoms with E-state index in [0.717, 1.165) is 30.6 Å². The molecule has 2 aliphatic heterocycles. The Morgan fingerprint density at radius 2 is 1.96 bits per heavy atom. The van der Waals surface area contributed by atoms with E-state index in [4.69, 9.17) is 9.47 Å². The van der Waals surface area contributed by atoms with Gasteiger partial charge in [0, 0.05) is 38.8 Å². The lowest BCUT2D eigenvalue weighted by molar-refractivity contribution is -0.138. The molecule has 1 aromatic carbocycles. The van der Waals surface area contributed by atoms with Gasteiger partial charge in [-0.05, 0) is 43.4 Å². The zero-order chi connectivity index (χ0) is 18.4. The van der Waals surface area contributed by atoms with Crippen LogP contribution in [-0.2, 0) is 20.7 Å². The van der Waals surface area contributed by atoms with Gasteiger partial charge >= 0.3 is 0 Å². The van der Waals surface area contributed by atoms with Gasteiger partial charge < -0.3 is 19.7 Å². The van der Waals surface area contributed by atoms with E-state index in [1.54, 1.807) is 7.11 Å². The lowest BCUT2D eigenvalue weighted by Crippen LogP contribution is -2.49. The highest BCUT2D eigenvalue weighted by molar-refractivity contribution is 5.84. The molecule has 0 aliphatic carbocycles. The highest BCUT2D eigenvalue weighted by Gasteiger charge is 2.31. The third kappa shape index (κ3) is 4.97. The first-order valence-corrected chi connectivity index (χ1v) is 9.44. The van der Waals surface area contributed by atoms with Crippen molar-refractivity contribution >= 4 is 11.8 Å². The maximum atomic E-state index is 12.6. The highest BCUT2D eigenvalue weighted by atomic mass is 16.5. The van der Waals surface area contributed by atoms with Crippen LogP contribution in [0.4, 0.5) is 0 Å². The number of hydrogen-bond acceptors (Lipinski definition) is 4. The molecule has 1 aromatic rings. The van der Waals surface area contributed by atoms with Gasteiger partial charge in [-0.2, -0.15) is 0 Å². The SMILES string of the molecule is COc1ccc(CCN2C[C@H](C(=O)NC3CCOCC3)CCC2=O)cc1. The van der Waals surface area contributed by atoms with E-state index in [-0.39, 0.29) is 23.8 Å². The molecule has 2 aliphatic rings. The van der Waals surface area contributed by atoms with Gasteiger partial charge in [-0.1, -0.05) is 12.1 Å². The second kappa shape index (κ2) is 9.03. The van der Waals surface area contributed by atoms with Crippen LogP contribution < -0.4 is 10.1 Å². The number of methoxy groups -OCH3 is 1. The van der Waals surface area contributed by atoms with Gasteiger partial charge in [-0.3, -0.25) is 9.59 Å². The van der Waals surface area contributed by atoms with Crippen molar-refractivity contribution in [3.05, 3.63) is 29.8 Å². The summed E-state index contributed by atoms with van der Waals surface area (Å²) >= 11 is 0. The number of piperidine rings is 1. The Hall–Kier alpha value is -2.08. The van der Waals surface area contributed by atoms with E-state index < -0.39 is 0 Å². The van der Waals surface area contributed by atoms with Crippen LogP contribution >= 0.6 is 0 Å². The summed E-state index contributed by atoms with van der Waals surface area (Å²) in [5.74, 6) is 0.950. The number of carbonyl (C=O) groups is 2. The predicted molar refractivity (Wildman–Crippen MR) is 98.0 cm³/mol. The molecular formula is C20H28N2O4. The fourth-order valence-corrected chi connectivity index (χ4v) is 3.56. The van der Waals surface area contributed by atoms with E-state index in [1.807, 2.05) is 29.2 Å². The van der Waals surface area contributed by atoms with Gasteiger partial charge in [-0.15, -0.1) is 0 Å². The third-order valence-electron chi connectivity index (χ3n) is 5.27. The zero-order valence-corrected chi connectivity index (χ0v) is 15.4. The van der Waals surface area contributed by atoms with Crippen molar-refractivity contribution in [1.29, 1.82) is 0 Å². The monoisotopic (exact) mass is 360 g/mol. The van der Waals surface area contributed by atoms with Gasteiger partial charge in [0.05, 0.1) is 13.0 Å². The lowest BCUT2D eigenvalue weighted by atomic mass is 9.95. The summed E-state index contributed by atoms with van der Waals surface area (Å²) in [7, 11) is 1.65. The van der Waals surface area contributed by atoms with Gasteiger partial charge in [0.1, 0.15) is 5.75 Å². The molecule has 2 heterocycles. The molecular weight excluding hydrogens is 332 g/mol. The number of ether oxygens (including phenoxy) is 2. The van der Waals surface area contributed by atoms with Gasteiger partial charge in [0.15, 0.2) is 0 Å². The number of nitrogens with one attached hydrogen (secondary N) is 1. The Balaban J connectivity index is 1.50. The van der Waals surface area contributed by atoms with E-state index in [0.29, 0.717) is 39.1 Å². The van der Waals surface area contributed by atoms with Crippen LogP contribution in [0.5, 0.6) is 5.75 Å². The standard InChI is InChI=1S/C20H28N2O4/c1-25-18-5-2-15(3-6-18)8-11-22-14-16(4-7-19(22)23)20(24)21-17-9-12-26-13-10-17/h2-3,5-6,16-17H,4,7-14H2,1H3,(H,21,24)/t16-/m1/s1. The second-order valence-electron chi connectivity index (χ2n) is 7.07. The molecule has 6 nitrogen and oxygen atoms in total. The Bertz CT molecular complexity index is 611. The zero-order valence-electron chi connectivity index (χ0n) is 15.4. The van der Waals surface area contributed by atoms with E-state index in [1.165, 1.54) is 0 Å². The predicted octanol–water partition coefficient (Wildman–Crippen LogP) is 1.77. The average Bonchev–Trinajstić information content (AvgIpc) is 2.68. The first kappa shape index (κ1) is 18.7. The van der Waals surface area contributed by atoms with E-state index >= 15 is 0 Å². The Kier molecular flexibility index (Phi) is 6.50. The Morgan fingerprint density at radius 3 is 2.65 bits per heavy atom. The Labute approximate surface area is 154 Å². The highest BCUT2D eigenvalue weighted by Crippen LogP contribution is 2.20. The summed E-state index contributed by atoms with van der Waals surface area (Å²) in [6.07, 6.45) is 3.63. The maximum Gasteiger partial charge on any atom is 0.225 e. The smallest absolute Gasteiger partial charge is 0.225 e. The summed E-state index contributed by atoms with van der Waals surface area (Å²) in [6, 6.07) is 8.10. The van der Waals surface area contributed by atoms with Crippen LogP contribution in [0.3, 0.4) is 0 Å². The van der Waals surface area contributed by atoms with Crippen LogP contribution in [0.2, 0.25) is 0 Å². The summed E-state index contributed by atoms with van der Waals surface area (Å²) in [5.41, 5.74) is 1.16. The van der Waals surface area contributed by atoms with Crippen LogP contribution in [0, 0.1) is 5.92 Å². The molecule has 2 amide bonds. The summed E-state index contributed by atoms with van der Waals surface area (Å²) in [5, 5.41) is 3.14. The molecule has 2 fully saturated rings. The lowest BCUT2D eigenvalue weighted by Gasteiger charge is -2.33. The minimum atomic E-state index is -0.105. The molecule has 26 heavy (non-hydrogen) atoms. The van der Waals surface area contributed by atoms with Crippen LogP contribution in [0.15, 0.2) is 24.3 Å². The maximum absolute atomic E-state index is 12.6. The van der Waals surface area contributed by atoms with Crippen molar-refractivity contribution in [2.75, 3.05) is 33.4 Å². The number of carbonyl (C=O) groups excluding carboxylic acids is 2. The third-order valence-corrected chi connectivity index (χ3v) is 5.27. The molecule has 6 heteroatoms. The minimum Gasteiger partial charge on any atom is -0.497 e. The molecule has 0 saturated carbocycles. The van der Waals surface area contributed by atoms with E-state index in [9.17, 15) is 9.59 Å². The molecule has 142 valence electrons. The summed E-state index contributed by atoms with van der Waals surface area (Å²) < 4.78 is 10.5. The summed E-state index contributed by atoms with van der Waals surface area (Å²) in [6.45, 7) is 2.58. The van der Waals surface area contributed by atoms with Crippen molar-refractivity contribution in [2.45, 2.75) is 38.1 Å². The molecule has 0 aromatic heterocycles. The number of hydrogen-bond donors (Lipinski definition) is 1. The van der Waals surface area contributed by atoms with Crippen molar-refractivity contribution in [3.8, 4) is 5.75 Å². The fraction of sp³-hybridized carbons (Fsp3) is 0.600. The molecule has 2 saturated heterocycles. The largest absolute Gasteiger partial charge is 0.497 e. The molecule has 0 spiro atoms. The van der Waals surface area contributed by atoms with E-state index in [2.05, 4.69) is 5.32 Å². The first-order chi connectivity index (χ1) is 12.7. The number of amides is 2. The number of nitrogens with zero attached hydrogens (tertiary/aromatic N) is 1. The van der Waals surface area contributed by atoms with Crippen LogP contribution in [0.25, 0.3) is 0 Å². The Morgan fingerprint density at radius 1 is 1.23 bits per heavy atom. The number of benzene rings is 1. The topological polar surface area (TPSA) is 67.9 Å². The second-order valence-corrected chi connectivity index (χ2v) is 7.07. The van der Waals surface area contributed by atoms with Crippen molar-refractivity contribution < 1.29 is 19.1 Å². The van der Waals surface area contributed by atoms with Gasteiger partial charge in [0.25, 0.3) is 0 Å². The molecule has 3 rings (SSSR count). The van der Waals surface area contributed by atoms with Crippen molar-refractivity contribution in [3.63, 3.8) is 0 Å². The summed E-state index contributed by atoms with van der Waals surface area (Å²) in [4.78, 5) is 26.6. The number of likely N-dealkylation sites (tertiary alicyclic amines) is 1. The molecule has 0 radical (unpaired) electrons. The van der Waals surface area contributed by atoms with Crippen LogP contribution in [0.1, 0.15) is 31.2 Å². The first-order valence-electron chi connectivity index (χ1n) is 9.44. The number of rotatable bonds is 6. The molecule has 0 unspecified atom stereocenters. The molecule has 1 atom stereocenters. The fourth-order valence-electron chi connectivity index (χ4n) is 3.56. The average molecular weight is 360 g/mol. The van der Waals surface area contributed by atoms with Crippen LogP contribution in [-0.4, -0.2) is 56.2 Å². The van der Waals surface area contributed by atoms with Gasteiger partial charge in [-0.25, -0.2) is 0 Å². The van der Waals surface area contributed by atoms with Crippen molar-refractivity contribution in [2.24, 2.45) is 5.92 Å². The van der Waals surface area contributed by atoms with Crippen molar-refractivity contribution in [1.82, 2.24) is 10.2 Å². The molecule has 0 bridgehead atoms. The van der Waals surface area contributed by atoms with Gasteiger partial charge in [0.2, 0.25) is 11.8 Å². The normalized spacial score (nSPS) is 21.5. The quantitative estimate of drug-likeness (QED) is 0.840. The molecule has 1 N–H and O–H groups in total.